The van der Waals surface area contributed by atoms with Crippen LogP contribution >= 0.6 is 11.8 Å². The molecular formula is C12H26N2S. The second-order valence-corrected chi connectivity index (χ2v) is 6.06. The minimum absolute atomic E-state index is 0.617. The van der Waals surface area contributed by atoms with E-state index in [0.717, 1.165) is 18.6 Å². The zero-order valence-corrected chi connectivity index (χ0v) is 11.4. The van der Waals surface area contributed by atoms with Gasteiger partial charge in [-0.15, -0.1) is 0 Å². The molecule has 15 heavy (non-hydrogen) atoms. The van der Waals surface area contributed by atoms with Gasteiger partial charge >= 0.3 is 0 Å². The van der Waals surface area contributed by atoms with Crippen molar-refractivity contribution in [3.63, 3.8) is 0 Å². The van der Waals surface area contributed by atoms with Gasteiger partial charge in [0.25, 0.3) is 0 Å². The van der Waals surface area contributed by atoms with Crippen molar-refractivity contribution in [2.24, 2.45) is 0 Å². The van der Waals surface area contributed by atoms with Crippen LogP contribution in [0.4, 0.5) is 0 Å². The van der Waals surface area contributed by atoms with E-state index >= 15 is 0 Å². The van der Waals surface area contributed by atoms with Crippen LogP contribution in [0, 0.1) is 0 Å². The first-order valence-electron chi connectivity index (χ1n) is 6.18. The van der Waals surface area contributed by atoms with Crippen LogP contribution in [0.3, 0.4) is 0 Å². The monoisotopic (exact) mass is 230 g/mol. The van der Waals surface area contributed by atoms with Gasteiger partial charge < -0.3 is 5.32 Å². The minimum Gasteiger partial charge on any atom is -0.314 e. The quantitative estimate of drug-likeness (QED) is 0.779. The van der Waals surface area contributed by atoms with Gasteiger partial charge in [-0.1, -0.05) is 13.8 Å². The number of hydrogen-bond donors (Lipinski definition) is 1. The molecule has 1 aliphatic rings. The van der Waals surface area contributed by atoms with Crippen molar-refractivity contribution in [3.8, 4) is 0 Å². The van der Waals surface area contributed by atoms with E-state index in [4.69, 9.17) is 0 Å². The fourth-order valence-corrected chi connectivity index (χ4v) is 3.18. The molecule has 0 aromatic rings. The Balaban J connectivity index is 2.22. The van der Waals surface area contributed by atoms with E-state index in [2.05, 4.69) is 49.7 Å². The Kier molecular flexibility index (Phi) is 6.02. The van der Waals surface area contributed by atoms with E-state index in [1.165, 1.54) is 24.5 Å². The third-order valence-corrected chi connectivity index (χ3v) is 4.29. The fourth-order valence-electron chi connectivity index (χ4n) is 2.14. The molecule has 0 spiro atoms. The van der Waals surface area contributed by atoms with Gasteiger partial charge in [-0.3, -0.25) is 4.90 Å². The summed E-state index contributed by atoms with van der Waals surface area (Å²) in [7, 11) is 0. The summed E-state index contributed by atoms with van der Waals surface area (Å²) in [6.07, 6.45) is 1.27. The van der Waals surface area contributed by atoms with Crippen molar-refractivity contribution in [1.82, 2.24) is 10.2 Å². The van der Waals surface area contributed by atoms with Gasteiger partial charge in [0.05, 0.1) is 0 Å². The van der Waals surface area contributed by atoms with Crippen molar-refractivity contribution in [2.45, 2.75) is 52.2 Å². The first-order chi connectivity index (χ1) is 7.11. The highest BCUT2D eigenvalue weighted by Gasteiger charge is 2.22. The standard InChI is InChI=1S/C12H26N2S/c1-10(2)13-6-5-11(3)14-7-8-15-9-12(14)4/h10-13H,5-9H2,1-4H3. The number of hydrogen-bond acceptors (Lipinski definition) is 3. The maximum Gasteiger partial charge on any atom is 0.0161 e. The first-order valence-corrected chi connectivity index (χ1v) is 7.33. The average molecular weight is 230 g/mol. The van der Waals surface area contributed by atoms with E-state index in [-0.39, 0.29) is 0 Å². The van der Waals surface area contributed by atoms with Crippen LogP contribution in [-0.4, -0.2) is 47.6 Å². The zero-order chi connectivity index (χ0) is 11.3. The highest BCUT2D eigenvalue weighted by Crippen LogP contribution is 2.19. The van der Waals surface area contributed by atoms with Gasteiger partial charge in [-0.25, -0.2) is 0 Å². The molecule has 2 nitrogen and oxygen atoms in total. The molecule has 3 heteroatoms. The van der Waals surface area contributed by atoms with Crippen LogP contribution in [0.2, 0.25) is 0 Å². The smallest absolute Gasteiger partial charge is 0.0161 e. The summed E-state index contributed by atoms with van der Waals surface area (Å²) in [4.78, 5) is 2.67. The molecule has 0 saturated carbocycles. The van der Waals surface area contributed by atoms with Gasteiger partial charge in [0.1, 0.15) is 0 Å². The van der Waals surface area contributed by atoms with E-state index in [0.29, 0.717) is 6.04 Å². The lowest BCUT2D eigenvalue weighted by Gasteiger charge is -2.38. The maximum atomic E-state index is 3.50. The molecular weight excluding hydrogens is 204 g/mol. The van der Waals surface area contributed by atoms with Crippen LogP contribution in [0.25, 0.3) is 0 Å². The Labute approximate surface area is 99.2 Å². The Morgan fingerprint density at radius 3 is 2.73 bits per heavy atom. The molecule has 2 atom stereocenters. The van der Waals surface area contributed by atoms with Crippen LogP contribution in [-0.2, 0) is 0 Å². The predicted octanol–water partition coefficient (Wildman–Crippen LogP) is 2.20. The SMILES string of the molecule is CC(C)NCCC(C)N1CCSCC1C. The molecule has 1 rings (SSSR count). The lowest BCUT2D eigenvalue weighted by Crippen LogP contribution is -2.46. The Morgan fingerprint density at radius 1 is 1.40 bits per heavy atom. The molecule has 2 unspecified atom stereocenters. The first kappa shape index (κ1) is 13.3. The summed E-state index contributed by atoms with van der Waals surface area (Å²) >= 11 is 2.10. The van der Waals surface area contributed by atoms with Crippen LogP contribution in [0.5, 0.6) is 0 Å². The molecule has 0 aromatic carbocycles. The molecule has 1 N–H and O–H groups in total. The largest absolute Gasteiger partial charge is 0.314 e. The molecule has 0 radical (unpaired) electrons. The van der Waals surface area contributed by atoms with Crippen molar-refractivity contribution in [2.75, 3.05) is 24.6 Å². The third-order valence-electron chi connectivity index (χ3n) is 3.10. The summed E-state index contributed by atoms with van der Waals surface area (Å²) in [6, 6.07) is 2.11. The zero-order valence-electron chi connectivity index (χ0n) is 10.6. The molecule has 1 fully saturated rings. The predicted molar refractivity (Wildman–Crippen MR) is 70.7 cm³/mol. The summed E-state index contributed by atoms with van der Waals surface area (Å²) in [5, 5.41) is 3.50. The molecule has 0 aliphatic carbocycles. The van der Waals surface area contributed by atoms with E-state index < -0.39 is 0 Å². The third kappa shape index (κ3) is 4.75. The molecule has 0 amide bonds. The Bertz CT molecular complexity index is 173. The van der Waals surface area contributed by atoms with Gasteiger partial charge in [0, 0.05) is 36.2 Å². The number of thioether (sulfide) groups is 1. The molecule has 1 aliphatic heterocycles. The van der Waals surface area contributed by atoms with Crippen molar-refractivity contribution < 1.29 is 0 Å². The van der Waals surface area contributed by atoms with Gasteiger partial charge in [-0.2, -0.15) is 11.8 Å². The lowest BCUT2D eigenvalue weighted by molar-refractivity contribution is 0.164. The van der Waals surface area contributed by atoms with Crippen LogP contribution in [0.15, 0.2) is 0 Å². The molecule has 1 heterocycles. The number of nitrogens with one attached hydrogen (secondary N) is 1. The molecule has 90 valence electrons. The Morgan fingerprint density at radius 2 is 2.13 bits per heavy atom. The second-order valence-electron chi connectivity index (χ2n) is 4.91. The van der Waals surface area contributed by atoms with Crippen LogP contribution < -0.4 is 5.32 Å². The van der Waals surface area contributed by atoms with E-state index in [9.17, 15) is 0 Å². The van der Waals surface area contributed by atoms with Gasteiger partial charge in [0.2, 0.25) is 0 Å². The normalized spacial score (nSPS) is 25.8. The second kappa shape index (κ2) is 6.77. The summed E-state index contributed by atoms with van der Waals surface area (Å²) in [5.74, 6) is 2.62. The summed E-state index contributed by atoms with van der Waals surface area (Å²) < 4.78 is 0. The lowest BCUT2D eigenvalue weighted by atomic mass is 10.1. The topological polar surface area (TPSA) is 15.3 Å². The average Bonchev–Trinajstić information content (AvgIpc) is 2.17. The molecule has 1 saturated heterocycles. The number of nitrogens with zero attached hydrogens (tertiary/aromatic N) is 1. The van der Waals surface area contributed by atoms with Crippen molar-refractivity contribution in [1.29, 1.82) is 0 Å². The maximum absolute atomic E-state index is 3.50. The number of rotatable bonds is 5. The summed E-state index contributed by atoms with van der Waals surface area (Å²) in [5.41, 5.74) is 0. The van der Waals surface area contributed by atoms with E-state index in [1.807, 2.05) is 0 Å². The highest BCUT2D eigenvalue weighted by atomic mass is 32.2. The van der Waals surface area contributed by atoms with Crippen molar-refractivity contribution in [3.05, 3.63) is 0 Å². The van der Waals surface area contributed by atoms with Gasteiger partial charge in [0.15, 0.2) is 0 Å². The Hall–Kier alpha value is 0.270. The highest BCUT2D eigenvalue weighted by molar-refractivity contribution is 7.99. The summed E-state index contributed by atoms with van der Waals surface area (Å²) in [6.45, 7) is 11.6. The van der Waals surface area contributed by atoms with E-state index in [1.54, 1.807) is 0 Å². The van der Waals surface area contributed by atoms with Gasteiger partial charge in [-0.05, 0) is 26.8 Å². The molecule has 0 bridgehead atoms. The van der Waals surface area contributed by atoms with Crippen molar-refractivity contribution >= 4 is 11.8 Å². The van der Waals surface area contributed by atoms with Crippen LogP contribution in [0.1, 0.15) is 34.1 Å². The molecule has 0 aromatic heterocycles. The minimum atomic E-state index is 0.617. The fraction of sp³-hybridized carbons (Fsp3) is 1.00.